The first-order valence-electron chi connectivity index (χ1n) is 9.05. The highest BCUT2D eigenvalue weighted by Gasteiger charge is 2.37. The van der Waals surface area contributed by atoms with Crippen LogP contribution < -0.4 is 10.1 Å². The molecule has 1 aliphatic heterocycles. The summed E-state index contributed by atoms with van der Waals surface area (Å²) in [6, 6.07) is 6.84. The molecule has 2 aromatic rings. The van der Waals surface area contributed by atoms with Crippen LogP contribution in [0, 0.1) is 19.3 Å². The second kappa shape index (κ2) is 8.59. The lowest BCUT2D eigenvalue weighted by Crippen LogP contribution is -2.33. The maximum atomic E-state index is 12.8. The van der Waals surface area contributed by atoms with Gasteiger partial charge in [-0.2, -0.15) is 0 Å². The monoisotopic (exact) mass is 397 g/mol. The van der Waals surface area contributed by atoms with E-state index in [0.29, 0.717) is 18.8 Å². The number of rotatable bonds is 8. The molecule has 0 bridgehead atoms. The first-order valence-corrected chi connectivity index (χ1v) is 9.05. The van der Waals surface area contributed by atoms with Gasteiger partial charge in [-0.1, -0.05) is 17.3 Å². The summed E-state index contributed by atoms with van der Waals surface area (Å²) >= 11 is 0. The number of ether oxygens (including phenoxy) is 1. The summed E-state index contributed by atoms with van der Waals surface area (Å²) in [7, 11) is 1.58. The zero-order chi connectivity index (χ0) is 21.0. The first kappa shape index (κ1) is 20.1. The molecular weight excluding hydrogens is 374 g/mol. The third-order valence-electron chi connectivity index (χ3n) is 4.69. The van der Waals surface area contributed by atoms with Crippen LogP contribution in [0.3, 0.4) is 0 Å². The average molecular weight is 397 g/mol. The van der Waals surface area contributed by atoms with Crippen molar-refractivity contribution in [3.05, 3.63) is 58.7 Å². The van der Waals surface area contributed by atoms with Crippen molar-refractivity contribution in [2.75, 3.05) is 13.7 Å². The van der Waals surface area contributed by atoms with Gasteiger partial charge in [-0.25, -0.2) is 9.69 Å². The molecule has 0 radical (unpaired) electrons. The Hall–Kier alpha value is -3.62. The highest BCUT2D eigenvalue weighted by molar-refractivity contribution is 6.07. The Morgan fingerprint density at radius 1 is 1.31 bits per heavy atom. The Labute approximate surface area is 168 Å². The Balaban J connectivity index is 1.68. The third-order valence-corrected chi connectivity index (χ3v) is 4.69. The smallest absolute Gasteiger partial charge is 0.332 e. The van der Waals surface area contributed by atoms with Crippen LogP contribution in [-0.2, 0) is 17.9 Å². The third kappa shape index (κ3) is 4.29. The van der Waals surface area contributed by atoms with Crippen molar-refractivity contribution in [1.82, 2.24) is 20.3 Å². The van der Waals surface area contributed by atoms with E-state index in [0.717, 1.165) is 33.7 Å². The van der Waals surface area contributed by atoms with Crippen LogP contribution in [0.15, 0.2) is 40.7 Å². The van der Waals surface area contributed by atoms with Gasteiger partial charge in [0.2, 0.25) is 0 Å². The molecule has 1 aromatic heterocycles. The molecule has 1 fully saturated rings. The summed E-state index contributed by atoms with van der Waals surface area (Å²) < 4.78 is 10.2. The molecule has 0 saturated carbocycles. The number of imide groups is 1. The zero-order valence-corrected chi connectivity index (χ0v) is 16.6. The number of hydrogen-bond donors (Lipinski definition) is 2. The lowest BCUT2D eigenvalue weighted by Gasteiger charge is -2.18. The molecule has 0 unspecified atom stereocenters. The quantitative estimate of drug-likeness (QED) is 0.522. The number of nitrogens with one attached hydrogen (secondary N) is 2. The number of nitrogens with zero attached hydrogens (tertiary/aromatic N) is 3. The number of aryl methyl sites for hydroxylation is 2. The van der Waals surface area contributed by atoms with Gasteiger partial charge < -0.3 is 24.9 Å². The number of benzene rings is 1. The fourth-order valence-electron chi connectivity index (χ4n) is 3.06. The Bertz CT molecular complexity index is 929. The molecule has 9 heteroatoms. The summed E-state index contributed by atoms with van der Waals surface area (Å²) in [6.45, 7) is 4.30. The van der Waals surface area contributed by atoms with E-state index in [4.69, 9.17) is 14.7 Å². The lowest BCUT2D eigenvalue weighted by molar-refractivity contribution is -0.123. The largest absolute Gasteiger partial charge is 0.497 e. The number of aromatic nitrogens is 1. The highest BCUT2D eigenvalue weighted by Crippen LogP contribution is 2.20. The number of carbonyl (C=O) groups excluding carboxylic acids is 2. The SMILES string of the molecule is COc1ccc(CN2CC(=O)N(/C(C=N)=C/NCc3c(C)noc3C)C2=O)cc1. The molecule has 3 rings (SSSR count). The molecule has 9 nitrogen and oxygen atoms in total. The maximum Gasteiger partial charge on any atom is 0.332 e. The topological polar surface area (TPSA) is 112 Å². The minimum Gasteiger partial charge on any atom is -0.497 e. The van der Waals surface area contributed by atoms with Crippen molar-refractivity contribution >= 4 is 18.2 Å². The molecule has 1 aromatic carbocycles. The van der Waals surface area contributed by atoms with Crippen molar-refractivity contribution in [2.24, 2.45) is 0 Å². The second-order valence-corrected chi connectivity index (χ2v) is 6.61. The summed E-state index contributed by atoms with van der Waals surface area (Å²) in [5.41, 5.74) is 2.71. The predicted octanol–water partition coefficient (Wildman–Crippen LogP) is 2.35. The van der Waals surface area contributed by atoms with E-state index in [1.165, 1.54) is 11.1 Å². The molecule has 1 aliphatic rings. The van der Waals surface area contributed by atoms with Gasteiger partial charge >= 0.3 is 6.03 Å². The van der Waals surface area contributed by atoms with Crippen LogP contribution in [0.5, 0.6) is 5.75 Å². The minimum atomic E-state index is -0.459. The van der Waals surface area contributed by atoms with Crippen molar-refractivity contribution in [3.63, 3.8) is 0 Å². The molecule has 0 spiro atoms. The fraction of sp³-hybridized carbons (Fsp3) is 0.300. The molecule has 0 aliphatic carbocycles. The van der Waals surface area contributed by atoms with E-state index in [9.17, 15) is 9.59 Å². The van der Waals surface area contributed by atoms with E-state index >= 15 is 0 Å². The van der Waals surface area contributed by atoms with Gasteiger partial charge in [-0.15, -0.1) is 0 Å². The number of allylic oxidation sites excluding steroid dienone is 1. The fourth-order valence-corrected chi connectivity index (χ4v) is 3.06. The van der Waals surface area contributed by atoms with Crippen LogP contribution in [-0.4, -0.2) is 46.8 Å². The number of hydrogen-bond acceptors (Lipinski definition) is 7. The molecule has 152 valence electrons. The van der Waals surface area contributed by atoms with Crippen LogP contribution in [0.2, 0.25) is 0 Å². The van der Waals surface area contributed by atoms with Crippen molar-refractivity contribution in [2.45, 2.75) is 26.9 Å². The number of carbonyl (C=O) groups is 2. The van der Waals surface area contributed by atoms with Gasteiger partial charge in [-0.05, 0) is 31.5 Å². The molecule has 29 heavy (non-hydrogen) atoms. The normalized spacial score (nSPS) is 14.5. The number of methoxy groups -OCH3 is 1. The highest BCUT2D eigenvalue weighted by atomic mass is 16.5. The molecule has 1 saturated heterocycles. The van der Waals surface area contributed by atoms with Crippen molar-refractivity contribution in [3.8, 4) is 5.75 Å². The minimum absolute atomic E-state index is 0.0418. The van der Waals surface area contributed by atoms with E-state index in [2.05, 4.69) is 10.5 Å². The van der Waals surface area contributed by atoms with E-state index in [1.54, 1.807) is 19.2 Å². The maximum absolute atomic E-state index is 12.8. The van der Waals surface area contributed by atoms with Gasteiger partial charge in [0, 0.05) is 31.1 Å². The summed E-state index contributed by atoms with van der Waals surface area (Å²) in [5, 5.41) is 14.5. The predicted molar refractivity (Wildman–Crippen MR) is 105 cm³/mol. The molecule has 2 N–H and O–H groups in total. The Morgan fingerprint density at radius 2 is 2.03 bits per heavy atom. The lowest BCUT2D eigenvalue weighted by atomic mass is 10.2. The molecule has 0 atom stereocenters. The van der Waals surface area contributed by atoms with Gasteiger partial charge in [-0.3, -0.25) is 4.79 Å². The van der Waals surface area contributed by atoms with Gasteiger partial charge in [0.15, 0.2) is 0 Å². The Kier molecular flexibility index (Phi) is 5.96. The van der Waals surface area contributed by atoms with Crippen molar-refractivity contribution < 1.29 is 18.8 Å². The van der Waals surface area contributed by atoms with Crippen LogP contribution >= 0.6 is 0 Å². The first-order chi connectivity index (χ1) is 13.9. The van der Waals surface area contributed by atoms with Crippen LogP contribution in [0.1, 0.15) is 22.6 Å². The van der Waals surface area contributed by atoms with Crippen LogP contribution in [0.25, 0.3) is 0 Å². The van der Waals surface area contributed by atoms with E-state index in [1.807, 2.05) is 26.0 Å². The molecular formula is C20H23N5O4. The summed E-state index contributed by atoms with van der Waals surface area (Å²) in [5.74, 6) is 1.04. The average Bonchev–Trinajstić information content (AvgIpc) is 3.18. The van der Waals surface area contributed by atoms with Gasteiger partial charge in [0.05, 0.1) is 18.5 Å². The molecule has 2 heterocycles. The second-order valence-electron chi connectivity index (χ2n) is 6.61. The van der Waals surface area contributed by atoms with Gasteiger partial charge in [0.25, 0.3) is 5.91 Å². The van der Waals surface area contributed by atoms with E-state index < -0.39 is 6.03 Å². The standard InChI is InChI=1S/C20H23N5O4/c1-13-18(14(2)29-23-13)10-22-9-16(8-21)25-19(26)12-24(20(25)27)11-15-4-6-17(28-3)7-5-15/h4-9,21-22H,10-12H2,1-3H3/b16-9+,21-8?. The number of amides is 3. The van der Waals surface area contributed by atoms with Crippen LogP contribution in [0.4, 0.5) is 4.79 Å². The summed E-state index contributed by atoms with van der Waals surface area (Å²) in [4.78, 5) is 27.6. The van der Waals surface area contributed by atoms with Gasteiger partial charge in [0.1, 0.15) is 18.1 Å². The zero-order valence-electron chi connectivity index (χ0n) is 16.6. The summed E-state index contributed by atoms with van der Waals surface area (Å²) in [6.07, 6.45) is 2.46. The molecule has 3 amide bonds. The Morgan fingerprint density at radius 3 is 2.62 bits per heavy atom. The number of urea groups is 1. The van der Waals surface area contributed by atoms with E-state index in [-0.39, 0.29) is 18.1 Å². The van der Waals surface area contributed by atoms with Crippen molar-refractivity contribution in [1.29, 1.82) is 5.41 Å².